The molecule has 0 bridgehead atoms. The maximum Gasteiger partial charge on any atom is 0.291 e. The Bertz CT molecular complexity index is 895. The number of rotatable bonds is 5. The number of furan rings is 1. The number of anilines is 1. The van der Waals surface area contributed by atoms with E-state index in [0.717, 1.165) is 10.0 Å². The lowest BCUT2D eigenvalue weighted by molar-refractivity contribution is 0.0996. The third-order valence-electron chi connectivity index (χ3n) is 3.47. The van der Waals surface area contributed by atoms with Gasteiger partial charge in [-0.25, -0.2) is 0 Å². The van der Waals surface area contributed by atoms with Gasteiger partial charge in [0.15, 0.2) is 11.5 Å². The molecule has 0 aliphatic heterocycles. The van der Waals surface area contributed by atoms with Crippen LogP contribution in [-0.2, 0) is 0 Å². The lowest BCUT2D eigenvalue weighted by Crippen LogP contribution is -2.10. The molecule has 0 atom stereocenters. The van der Waals surface area contributed by atoms with E-state index < -0.39 is 0 Å². The number of carbonyl (C=O) groups is 2. The molecular formula is C20H14BrNO3. The minimum absolute atomic E-state index is 0.105. The number of carbonyl (C=O) groups excluding carboxylic acids is 2. The van der Waals surface area contributed by atoms with E-state index in [2.05, 4.69) is 21.2 Å². The molecule has 0 saturated heterocycles. The standard InChI is InChI=1S/C20H14BrNO3/c21-16-8-3-14(4-9-16)5-12-18(23)15-6-10-17(11-7-15)22-20(24)19-2-1-13-25-19/h1-13H,(H,22,24)/b12-5+. The van der Waals surface area contributed by atoms with Crippen molar-refractivity contribution < 1.29 is 14.0 Å². The van der Waals surface area contributed by atoms with Gasteiger partial charge in [-0.15, -0.1) is 0 Å². The first kappa shape index (κ1) is 16.9. The molecule has 0 unspecified atom stereocenters. The number of halogens is 1. The van der Waals surface area contributed by atoms with Crippen molar-refractivity contribution >= 4 is 39.4 Å². The fourth-order valence-electron chi connectivity index (χ4n) is 2.16. The molecule has 0 fully saturated rings. The van der Waals surface area contributed by atoms with Crippen molar-refractivity contribution in [1.29, 1.82) is 0 Å². The third kappa shape index (κ3) is 4.55. The summed E-state index contributed by atoms with van der Waals surface area (Å²) in [6, 6.07) is 17.6. The van der Waals surface area contributed by atoms with Crippen LogP contribution in [0.3, 0.4) is 0 Å². The fraction of sp³-hybridized carbons (Fsp3) is 0. The summed E-state index contributed by atoms with van der Waals surface area (Å²) in [5.41, 5.74) is 2.08. The smallest absolute Gasteiger partial charge is 0.291 e. The summed E-state index contributed by atoms with van der Waals surface area (Å²) in [6.45, 7) is 0. The molecule has 0 saturated carbocycles. The van der Waals surface area contributed by atoms with Crippen LogP contribution in [0.4, 0.5) is 5.69 Å². The molecule has 0 aliphatic rings. The maximum absolute atomic E-state index is 12.2. The number of nitrogens with one attached hydrogen (secondary N) is 1. The SMILES string of the molecule is O=C(/C=C/c1ccc(Br)cc1)c1ccc(NC(=O)c2ccco2)cc1. The van der Waals surface area contributed by atoms with Crippen molar-refractivity contribution in [3.05, 3.63) is 94.4 Å². The lowest BCUT2D eigenvalue weighted by Gasteiger charge is -2.04. The third-order valence-corrected chi connectivity index (χ3v) is 4.00. The normalized spacial score (nSPS) is 10.8. The van der Waals surface area contributed by atoms with Crippen LogP contribution in [0.15, 0.2) is 81.9 Å². The molecule has 25 heavy (non-hydrogen) atoms. The summed E-state index contributed by atoms with van der Waals surface area (Å²) >= 11 is 3.37. The predicted molar refractivity (Wildman–Crippen MR) is 101 cm³/mol. The molecule has 0 radical (unpaired) electrons. The molecule has 2 aromatic carbocycles. The first-order valence-corrected chi connectivity index (χ1v) is 8.34. The Morgan fingerprint density at radius 2 is 1.68 bits per heavy atom. The van der Waals surface area contributed by atoms with Gasteiger partial charge in [0, 0.05) is 15.7 Å². The van der Waals surface area contributed by atoms with E-state index in [1.54, 1.807) is 42.5 Å². The molecule has 1 amide bonds. The number of ketones is 1. The highest BCUT2D eigenvalue weighted by Crippen LogP contribution is 2.14. The van der Waals surface area contributed by atoms with Crippen molar-refractivity contribution in [2.75, 3.05) is 5.32 Å². The summed E-state index contributed by atoms with van der Waals surface area (Å²) in [6.07, 6.45) is 4.73. The highest BCUT2D eigenvalue weighted by atomic mass is 79.9. The molecule has 1 N–H and O–H groups in total. The molecule has 5 heteroatoms. The Morgan fingerprint density at radius 3 is 2.32 bits per heavy atom. The van der Waals surface area contributed by atoms with Gasteiger partial charge >= 0.3 is 0 Å². The Labute approximate surface area is 153 Å². The number of amides is 1. The molecule has 1 heterocycles. The quantitative estimate of drug-likeness (QED) is 0.477. The highest BCUT2D eigenvalue weighted by molar-refractivity contribution is 9.10. The van der Waals surface area contributed by atoms with Crippen LogP contribution < -0.4 is 5.32 Å². The van der Waals surface area contributed by atoms with Gasteiger partial charge in [0.1, 0.15) is 0 Å². The van der Waals surface area contributed by atoms with Crippen molar-refractivity contribution in [2.45, 2.75) is 0 Å². The molecule has 3 rings (SSSR count). The van der Waals surface area contributed by atoms with Gasteiger partial charge in [0.2, 0.25) is 0 Å². The van der Waals surface area contributed by atoms with Gasteiger partial charge in [0.05, 0.1) is 6.26 Å². The van der Waals surface area contributed by atoms with E-state index in [-0.39, 0.29) is 17.5 Å². The van der Waals surface area contributed by atoms with Crippen LogP contribution in [0.5, 0.6) is 0 Å². The van der Waals surface area contributed by atoms with E-state index in [9.17, 15) is 9.59 Å². The number of hydrogen-bond acceptors (Lipinski definition) is 3. The van der Waals surface area contributed by atoms with Gasteiger partial charge in [-0.2, -0.15) is 0 Å². The summed E-state index contributed by atoms with van der Waals surface area (Å²) in [5, 5.41) is 2.71. The fourth-order valence-corrected chi connectivity index (χ4v) is 2.42. The molecular weight excluding hydrogens is 382 g/mol. The first-order valence-electron chi connectivity index (χ1n) is 7.55. The van der Waals surface area contributed by atoms with E-state index >= 15 is 0 Å². The van der Waals surface area contributed by atoms with Crippen LogP contribution in [0.2, 0.25) is 0 Å². The minimum atomic E-state index is -0.334. The van der Waals surface area contributed by atoms with Gasteiger partial charge in [-0.05, 0) is 60.2 Å². The zero-order valence-corrected chi connectivity index (χ0v) is 14.7. The van der Waals surface area contributed by atoms with Gasteiger partial charge in [-0.3, -0.25) is 9.59 Å². The Morgan fingerprint density at radius 1 is 0.960 bits per heavy atom. The topological polar surface area (TPSA) is 59.3 Å². The Hall–Kier alpha value is -2.92. The van der Waals surface area contributed by atoms with Gasteiger partial charge in [-0.1, -0.05) is 34.1 Å². The van der Waals surface area contributed by atoms with E-state index in [4.69, 9.17) is 4.42 Å². The van der Waals surface area contributed by atoms with Crippen molar-refractivity contribution in [3.8, 4) is 0 Å². The van der Waals surface area contributed by atoms with Crippen LogP contribution in [0.1, 0.15) is 26.5 Å². The highest BCUT2D eigenvalue weighted by Gasteiger charge is 2.09. The molecule has 1 aromatic heterocycles. The monoisotopic (exact) mass is 395 g/mol. The summed E-state index contributed by atoms with van der Waals surface area (Å²) in [5.74, 6) is -0.205. The number of hydrogen-bond donors (Lipinski definition) is 1. The maximum atomic E-state index is 12.2. The molecule has 0 spiro atoms. The van der Waals surface area contributed by atoms with E-state index in [1.807, 2.05) is 24.3 Å². The largest absolute Gasteiger partial charge is 0.459 e. The van der Waals surface area contributed by atoms with Crippen LogP contribution in [0, 0.1) is 0 Å². The molecule has 0 aliphatic carbocycles. The van der Waals surface area contributed by atoms with Crippen LogP contribution in [0.25, 0.3) is 6.08 Å². The first-order chi connectivity index (χ1) is 12.1. The van der Waals surface area contributed by atoms with E-state index in [1.165, 1.54) is 12.3 Å². The van der Waals surface area contributed by atoms with E-state index in [0.29, 0.717) is 11.3 Å². The van der Waals surface area contributed by atoms with Crippen LogP contribution in [-0.4, -0.2) is 11.7 Å². The Balaban J connectivity index is 1.64. The lowest BCUT2D eigenvalue weighted by atomic mass is 10.1. The number of benzene rings is 2. The van der Waals surface area contributed by atoms with Crippen molar-refractivity contribution in [1.82, 2.24) is 0 Å². The average molecular weight is 396 g/mol. The molecule has 3 aromatic rings. The zero-order valence-electron chi connectivity index (χ0n) is 13.1. The summed E-state index contributed by atoms with van der Waals surface area (Å²) < 4.78 is 6.02. The van der Waals surface area contributed by atoms with Crippen LogP contribution >= 0.6 is 15.9 Å². The Kier molecular flexibility index (Phi) is 5.26. The summed E-state index contributed by atoms with van der Waals surface area (Å²) in [7, 11) is 0. The minimum Gasteiger partial charge on any atom is -0.459 e. The van der Waals surface area contributed by atoms with Crippen molar-refractivity contribution in [2.24, 2.45) is 0 Å². The van der Waals surface area contributed by atoms with Gasteiger partial charge in [0.25, 0.3) is 5.91 Å². The molecule has 124 valence electrons. The number of allylic oxidation sites excluding steroid dienone is 1. The summed E-state index contributed by atoms with van der Waals surface area (Å²) in [4.78, 5) is 24.1. The zero-order chi connectivity index (χ0) is 17.6. The average Bonchev–Trinajstić information content (AvgIpc) is 3.16. The van der Waals surface area contributed by atoms with Crippen molar-refractivity contribution in [3.63, 3.8) is 0 Å². The second-order valence-electron chi connectivity index (χ2n) is 5.26. The predicted octanol–water partition coefficient (Wildman–Crippen LogP) is 5.19. The van der Waals surface area contributed by atoms with Gasteiger partial charge < -0.3 is 9.73 Å². The second kappa shape index (κ2) is 7.77. The second-order valence-corrected chi connectivity index (χ2v) is 6.17. The molecule has 4 nitrogen and oxygen atoms in total.